The summed E-state index contributed by atoms with van der Waals surface area (Å²) in [7, 11) is 0. The molecule has 1 aromatic heterocycles. The van der Waals surface area contributed by atoms with Gasteiger partial charge in [-0.25, -0.2) is 8.78 Å². The van der Waals surface area contributed by atoms with Gasteiger partial charge in [0.05, 0.1) is 5.69 Å². The van der Waals surface area contributed by atoms with Crippen LogP contribution < -0.4 is 15.0 Å². The van der Waals surface area contributed by atoms with E-state index in [1.54, 1.807) is 11.0 Å². The predicted octanol–water partition coefficient (Wildman–Crippen LogP) is 3.74. The van der Waals surface area contributed by atoms with Crippen LogP contribution in [0.3, 0.4) is 0 Å². The molecule has 4 rings (SSSR count). The molecule has 1 N–H and O–H groups in total. The maximum atomic E-state index is 13.9. The average molecular weight is 369 g/mol. The summed E-state index contributed by atoms with van der Waals surface area (Å²) in [5.41, 5.74) is 1.48. The van der Waals surface area contributed by atoms with Crippen molar-refractivity contribution in [2.24, 2.45) is 0 Å². The van der Waals surface area contributed by atoms with Crippen LogP contribution in [0.4, 0.5) is 20.2 Å². The minimum absolute atomic E-state index is 0.0258. The first-order valence-corrected chi connectivity index (χ1v) is 8.63. The number of hydrogen-bond donors (Lipinski definition) is 1. The Hall–Kier alpha value is -3.22. The van der Waals surface area contributed by atoms with Crippen molar-refractivity contribution in [2.75, 3.05) is 29.9 Å². The molecule has 7 heteroatoms. The maximum Gasteiger partial charge on any atom is 0.265 e. The first kappa shape index (κ1) is 17.2. The molecule has 0 saturated carbocycles. The second kappa shape index (κ2) is 7.19. The molecule has 2 heterocycles. The molecule has 138 valence electrons. The number of hydrogen-bond acceptors (Lipinski definition) is 4. The summed E-state index contributed by atoms with van der Waals surface area (Å²) >= 11 is 0. The Labute approximate surface area is 154 Å². The average Bonchev–Trinajstić information content (AvgIpc) is 2.67. The normalized spacial score (nSPS) is 13.4. The number of benzene rings is 2. The largest absolute Gasteiger partial charge is 0.482 e. The van der Waals surface area contributed by atoms with Gasteiger partial charge in [-0.2, -0.15) is 0 Å². The monoisotopic (exact) mass is 369 g/mol. The first-order chi connectivity index (χ1) is 13.1. The van der Waals surface area contributed by atoms with E-state index in [0.717, 1.165) is 11.8 Å². The van der Waals surface area contributed by atoms with E-state index in [0.29, 0.717) is 36.3 Å². The summed E-state index contributed by atoms with van der Waals surface area (Å²) in [4.78, 5) is 17.8. The number of halogens is 2. The summed E-state index contributed by atoms with van der Waals surface area (Å²) in [6.07, 6.45) is 2.13. The van der Waals surface area contributed by atoms with Gasteiger partial charge in [-0.05, 0) is 30.7 Å². The minimum atomic E-state index is -0.691. The Bertz CT molecular complexity index is 1010. The lowest BCUT2D eigenvalue weighted by atomic mass is 10.1. The summed E-state index contributed by atoms with van der Waals surface area (Å²) in [6, 6.07) is 11.2. The molecule has 0 radical (unpaired) electrons. The van der Waals surface area contributed by atoms with E-state index < -0.39 is 11.6 Å². The molecule has 0 atom stereocenters. The molecular formula is C20H17F2N3O2. The van der Waals surface area contributed by atoms with Crippen LogP contribution in [0.2, 0.25) is 0 Å². The van der Waals surface area contributed by atoms with Gasteiger partial charge in [-0.1, -0.05) is 12.1 Å². The van der Waals surface area contributed by atoms with Crippen LogP contribution in [0.5, 0.6) is 5.75 Å². The topological polar surface area (TPSA) is 54.5 Å². The van der Waals surface area contributed by atoms with Gasteiger partial charge >= 0.3 is 0 Å². The van der Waals surface area contributed by atoms with Crippen LogP contribution >= 0.6 is 0 Å². The van der Waals surface area contributed by atoms with Crippen molar-refractivity contribution in [3.63, 3.8) is 0 Å². The van der Waals surface area contributed by atoms with E-state index in [-0.39, 0.29) is 18.0 Å². The molecule has 1 aliphatic heterocycles. The van der Waals surface area contributed by atoms with Crippen LogP contribution in [0.15, 0.2) is 48.7 Å². The van der Waals surface area contributed by atoms with E-state index >= 15 is 0 Å². The second-order valence-corrected chi connectivity index (χ2v) is 6.22. The van der Waals surface area contributed by atoms with Crippen molar-refractivity contribution in [2.45, 2.75) is 6.42 Å². The summed E-state index contributed by atoms with van der Waals surface area (Å²) in [5.74, 6) is -0.737. The van der Waals surface area contributed by atoms with Gasteiger partial charge in [0.25, 0.3) is 5.91 Å². The van der Waals surface area contributed by atoms with E-state index in [9.17, 15) is 13.6 Å². The molecule has 5 nitrogen and oxygen atoms in total. The smallest absolute Gasteiger partial charge is 0.265 e. The summed E-state index contributed by atoms with van der Waals surface area (Å²) in [6.45, 7) is 1.07. The van der Waals surface area contributed by atoms with Crippen molar-refractivity contribution in [3.05, 3.63) is 60.3 Å². The maximum absolute atomic E-state index is 13.9. The number of amides is 1. The van der Waals surface area contributed by atoms with Crippen molar-refractivity contribution < 1.29 is 18.3 Å². The number of nitrogens with zero attached hydrogens (tertiary/aromatic N) is 2. The molecular weight excluding hydrogens is 352 g/mol. The highest BCUT2D eigenvalue weighted by atomic mass is 19.1. The van der Waals surface area contributed by atoms with Crippen LogP contribution in [0, 0.1) is 11.6 Å². The highest BCUT2D eigenvalue weighted by molar-refractivity contribution is 5.97. The predicted molar refractivity (Wildman–Crippen MR) is 99.1 cm³/mol. The Balaban J connectivity index is 1.44. The minimum Gasteiger partial charge on any atom is -0.482 e. The highest BCUT2D eigenvalue weighted by Gasteiger charge is 2.24. The molecule has 3 aromatic rings. The molecule has 27 heavy (non-hydrogen) atoms. The number of para-hydroxylation sites is 2. The van der Waals surface area contributed by atoms with E-state index in [1.807, 2.05) is 24.3 Å². The fourth-order valence-corrected chi connectivity index (χ4v) is 3.19. The molecule has 0 fully saturated rings. The zero-order valence-corrected chi connectivity index (χ0v) is 14.4. The molecule has 1 amide bonds. The van der Waals surface area contributed by atoms with Gasteiger partial charge in [0.2, 0.25) is 0 Å². The zero-order valence-electron chi connectivity index (χ0n) is 14.4. The fraction of sp³-hybridized carbons (Fsp3) is 0.200. The van der Waals surface area contributed by atoms with E-state index in [4.69, 9.17) is 4.74 Å². The number of carbonyl (C=O) groups is 1. The SMILES string of the molecule is O=C1COc2ccccc2N1CCCNc1ccnc2c(F)cc(F)cc12. The van der Waals surface area contributed by atoms with Crippen molar-refractivity contribution in [1.29, 1.82) is 0 Å². The van der Waals surface area contributed by atoms with Gasteiger partial charge in [-0.15, -0.1) is 0 Å². The molecule has 0 aliphatic carbocycles. The molecule has 1 aliphatic rings. The number of rotatable bonds is 5. The lowest BCUT2D eigenvalue weighted by Gasteiger charge is -2.29. The standard InChI is InChI=1S/C20H17F2N3O2/c21-13-10-14-16(6-8-24-20(14)15(22)11-13)23-7-3-9-25-17-4-1-2-5-18(17)27-12-19(25)26/h1-2,4-6,8,10-11H,3,7,9,12H2,(H,23,24). The number of pyridine rings is 1. The molecule has 0 saturated heterocycles. The number of carbonyl (C=O) groups excluding carboxylic acids is 1. The van der Waals surface area contributed by atoms with Crippen LogP contribution in [-0.2, 0) is 4.79 Å². The Morgan fingerprint density at radius 3 is 2.93 bits per heavy atom. The van der Waals surface area contributed by atoms with E-state index in [2.05, 4.69) is 10.3 Å². The van der Waals surface area contributed by atoms with E-state index in [1.165, 1.54) is 12.3 Å². The van der Waals surface area contributed by atoms with Crippen molar-refractivity contribution in [3.8, 4) is 5.75 Å². The molecule has 0 unspecified atom stereocenters. The number of aromatic nitrogens is 1. The fourth-order valence-electron chi connectivity index (χ4n) is 3.19. The lowest BCUT2D eigenvalue weighted by molar-refractivity contribution is -0.121. The van der Waals surface area contributed by atoms with Gasteiger partial charge in [0.15, 0.2) is 12.4 Å². The Morgan fingerprint density at radius 1 is 1.19 bits per heavy atom. The van der Waals surface area contributed by atoms with Gasteiger partial charge in [0.1, 0.15) is 17.1 Å². The third-order valence-corrected chi connectivity index (χ3v) is 4.45. The number of anilines is 2. The molecule has 2 aromatic carbocycles. The summed E-state index contributed by atoms with van der Waals surface area (Å²) in [5, 5.41) is 3.57. The Morgan fingerprint density at radius 2 is 2.04 bits per heavy atom. The second-order valence-electron chi connectivity index (χ2n) is 6.22. The van der Waals surface area contributed by atoms with Gasteiger partial charge in [-0.3, -0.25) is 9.78 Å². The van der Waals surface area contributed by atoms with Crippen molar-refractivity contribution in [1.82, 2.24) is 4.98 Å². The number of nitrogens with one attached hydrogen (secondary N) is 1. The molecule has 0 spiro atoms. The highest BCUT2D eigenvalue weighted by Crippen LogP contribution is 2.31. The quantitative estimate of drug-likeness (QED) is 0.696. The third-order valence-electron chi connectivity index (χ3n) is 4.45. The third kappa shape index (κ3) is 3.40. The Kier molecular flexibility index (Phi) is 4.58. The number of fused-ring (bicyclic) bond motifs is 2. The lowest BCUT2D eigenvalue weighted by Crippen LogP contribution is -2.39. The van der Waals surface area contributed by atoms with Gasteiger partial charge in [0, 0.05) is 36.4 Å². The van der Waals surface area contributed by atoms with Gasteiger partial charge < -0.3 is 15.0 Å². The first-order valence-electron chi connectivity index (χ1n) is 8.63. The number of ether oxygens (including phenoxy) is 1. The zero-order chi connectivity index (χ0) is 18.8. The molecule has 0 bridgehead atoms. The van der Waals surface area contributed by atoms with Crippen molar-refractivity contribution >= 4 is 28.2 Å². The summed E-state index contributed by atoms with van der Waals surface area (Å²) < 4.78 is 32.8. The van der Waals surface area contributed by atoms with Crippen LogP contribution in [0.25, 0.3) is 10.9 Å². The van der Waals surface area contributed by atoms with Crippen LogP contribution in [0.1, 0.15) is 6.42 Å². The van der Waals surface area contributed by atoms with Crippen LogP contribution in [-0.4, -0.2) is 30.6 Å².